The molecule has 3 rings (SSSR count). The number of nitrogens with one attached hydrogen (secondary N) is 1. The molecule has 138 valence electrons. The molecule has 0 bridgehead atoms. The first kappa shape index (κ1) is 18.7. The van der Waals surface area contributed by atoms with Crippen LogP contribution in [0, 0.1) is 6.92 Å². The Morgan fingerprint density at radius 3 is 2.73 bits per heavy atom. The number of anilines is 2. The number of aryl methyl sites for hydroxylation is 1. The standard InChI is InChI=1S/C17H18Cl2N4O3/c1-11-8-12(22-4-6-26-7-5-22)2-3-14(11)21-15(24)10-23-17(25)16(19)13(18)9-20-23/h2-3,8-9H,4-7,10H2,1H3,(H,21,24). The van der Waals surface area contributed by atoms with Gasteiger partial charge in [-0.05, 0) is 30.7 Å². The lowest BCUT2D eigenvalue weighted by Gasteiger charge is -2.29. The van der Waals surface area contributed by atoms with Crippen LogP contribution in [0.1, 0.15) is 5.56 Å². The van der Waals surface area contributed by atoms with Crippen molar-refractivity contribution in [3.8, 4) is 0 Å². The number of amides is 1. The minimum absolute atomic E-state index is 0.0582. The van der Waals surface area contributed by atoms with Crippen molar-refractivity contribution >= 4 is 40.5 Å². The van der Waals surface area contributed by atoms with E-state index in [4.69, 9.17) is 27.9 Å². The first-order valence-corrected chi connectivity index (χ1v) is 8.85. The number of halogens is 2. The summed E-state index contributed by atoms with van der Waals surface area (Å²) in [5.74, 6) is -0.375. The third-order valence-corrected chi connectivity index (χ3v) is 4.84. The van der Waals surface area contributed by atoms with Crippen LogP contribution in [0.5, 0.6) is 0 Å². The molecule has 1 amide bonds. The summed E-state index contributed by atoms with van der Waals surface area (Å²) in [7, 11) is 0. The molecule has 1 aliphatic rings. The summed E-state index contributed by atoms with van der Waals surface area (Å²) in [5.41, 5.74) is 2.09. The number of hydrogen-bond acceptors (Lipinski definition) is 5. The topological polar surface area (TPSA) is 76.5 Å². The molecule has 26 heavy (non-hydrogen) atoms. The van der Waals surface area contributed by atoms with Gasteiger partial charge in [-0.25, -0.2) is 4.68 Å². The molecule has 1 aromatic heterocycles. The maximum atomic E-state index is 12.3. The second-order valence-electron chi connectivity index (χ2n) is 5.92. The summed E-state index contributed by atoms with van der Waals surface area (Å²) in [6.07, 6.45) is 1.24. The molecule has 0 radical (unpaired) electrons. The van der Waals surface area contributed by atoms with Gasteiger partial charge in [-0.1, -0.05) is 23.2 Å². The average Bonchev–Trinajstić information content (AvgIpc) is 2.64. The second kappa shape index (κ2) is 8.07. The normalized spacial score (nSPS) is 14.3. The summed E-state index contributed by atoms with van der Waals surface area (Å²) >= 11 is 11.5. The van der Waals surface area contributed by atoms with E-state index in [0.717, 1.165) is 29.0 Å². The van der Waals surface area contributed by atoms with E-state index in [2.05, 4.69) is 15.3 Å². The maximum absolute atomic E-state index is 12.3. The first-order chi connectivity index (χ1) is 12.5. The summed E-state index contributed by atoms with van der Waals surface area (Å²) in [4.78, 5) is 26.4. The fourth-order valence-corrected chi connectivity index (χ4v) is 2.96. The van der Waals surface area contributed by atoms with Crippen LogP contribution < -0.4 is 15.8 Å². The van der Waals surface area contributed by atoms with Crippen molar-refractivity contribution in [3.63, 3.8) is 0 Å². The van der Waals surface area contributed by atoms with Crippen molar-refractivity contribution in [1.82, 2.24) is 9.78 Å². The zero-order valence-corrected chi connectivity index (χ0v) is 15.7. The molecule has 0 saturated carbocycles. The fourth-order valence-electron chi connectivity index (χ4n) is 2.69. The van der Waals surface area contributed by atoms with E-state index in [1.165, 1.54) is 6.20 Å². The molecule has 0 aliphatic carbocycles. The number of aromatic nitrogens is 2. The first-order valence-electron chi connectivity index (χ1n) is 8.10. The van der Waals surface area contributed by atoms with E-state index < -0.39 is 5.56 Å². The molecule has 1 aliphatic heterocycles. The number of benzene rings is 1. The molecule has 0 spiro atoms. The molecule has 1 aromatic carbocycles. The second-order valence-corrected chi connectivity index (χ2v) is 6.70. The Bertz CT molecular complexity index is 879. The van der Waals surface area contributed by atoms with Crippen LogP contribution in [-0.2, 0) is 16.1 Å². The lowest BCUT2D eigenvalue weighted by Crippen LogP contribution is -2.36. The van der Waals surface area contributed by atoms with Crippen LogP contribution >= 0.6 is 23.2 Å². The van der Waals surface area contributed by atoms with Gasteiger partial charge >= 0.3 is 0 Å². The summed E-state index contributed by atoms with van der Waals surface area (Å²) in [6, 6.07) is 5.82. The molecule has 1 fully saturated rings. The lowest BCUT2D eigenvalue weighted by atomic mass is 10.1. The predicted octanol–water partition coefficient (Wildman–Crippen LogP) is 2.33. The lowest BCUT2D eigenvalue weighted by molar-refractivity contribution is -0.117. The van der Waals surface area contributed by atoms with E-state index >= 15 is 0 Å². The minimum Gasteiger partial charge on any atom is -0.378 e. The van der Waals surface area contributed by atoms with Gasteiger partial charge in [-0.3, -0.25) is 9.59 Å². The highest BCUT2D eigenvalue weighted by Crippen LogP contribution is 2.23. The zero-order valence-electron chi connectivity index (χ0n) is 14.2. The van der Waals surface area contributed by atoms with Gasteiger partial charge in [0.2, 0.25) is 5.91 Å². The van der Waals surface area contributed by atoms with Gasteiger partial charge in [-0.15, -0.1) is 0 Å². The molecule has 7 nitrogen and oxygen atoms in total. The molecule has 1 saturated heterocycles. The summed E-state index contributed by atoms with van der Waals surface area (Å²) < 4.78 is 6.33. The van der Waals surface area contributed by atoms with Crippen LogP contribution in [0.15, 0.2) is 29.2 Å². The Morgan fingerprint density at radius 2 is 2.04 bits per heavy atom. The summed E-state index contributed by atoms with van der Waals surface area (Å²) in [6.45, 7) is 4.78. The SMILES string of the molecule is Cc1cc(N2CCOCC2)ccc1NC(=O)Cn1ncc(Cl)c(Cl)c1=O. The molecule has 0 unspecified atom stereocenters. The quantitative estimate of drug-likeness (QED) is 0.857. The van der Waals surface area contributed by atoms with Gasteiger partial charge in [0.1, 0.15) is 11.6 Å². The summed E-state index contributed by atoms with van der Waals surface area (Å²) in [5, 5.41) is 6.52. The fraction of sp³-hybridized carbons (Fsp3) is 0.353. The highest BCUT2D eigenvalue weighted by atomic mass is 35.5. The van der Waals surface area contributed by atoms with Gasteiger partial charge in [0, 0.05) is 24.5 Å². The number of rotatable bonds is 4. The smallest absolute Gasteiger partial charge is 0.287 e. The monoisotopic (exact) mass is 396 g/mol. The van der Waals surface area contributed by atoms with E-state index in [0.29, 0.717) is 18.9 Å². The van der Waals surface area contributed by atoms with Crippen molar-refractivity contribution < 1.29 is 9.53 Å². The van der Waals surface area contributed by atoms with Gasteiger partial charge in [0.25, 0.3) is 5.56 Å². The number of ether oxygens (including phenoxy) is 1. The molecule has 1 N–H and O–H groups in total. The number of carbonyl (C=O) groups is 1. The number of hydrogen-bond donors (Lipinski definition) is 1. The predicted molar refractivity (Wildman–Crippen MR) is 101 cm³/mol. The Labute approximate surface area is 160 Å². The molecular formula is C17H18Cl2N4O3. The van der Waals surface area contributed by atoms with Crippen LogP contribution in [0.2, 0.25) is 10.0 Å². The zero-order chi connectivity index (χ0) is 18.7. The van der Waals surface area contributed by atoms with E-state index in [-0.39, 0.29) is 22.5 Å². The molecule has 9 heteroatoms. The Balaban J connectivity index is 1.69. The molecule has 0 atom stereocenters. The van der Waals surface area contributed by atoms with Gasteiger partial charge in [0.05, 0.1) is 24.4 Å². The largest absolute Gasteiger partial charge is 0.378 e. The van der Waals surface area contributed by atoms with Crippen molar-refractivity contribution in [1.29, 1.82) is 0 Å². The van der Waals surface area contributed by atoms with E-state index in [1.54, 1.807) is 0 Å². The Morgan fingerprint density at radius 1 is 1.31 bits per heavy atom. The Kier molecular flexibility index (Phi) is 5.80. The number of carbonyl (C=O) groups excluding carboxylic acids is 1. The highest BCUT2D eigenvalue weighted by Gasteiger charge is 2.14. The molecular weight excluding hydrogens is 379 g/mol. The Hall–Kier alpha value is -2.09. The number of nitrogens with zero attached hydrogens (tertiary/aromatic N) is 3. The maximum Gasteiger partial charge on any atom is 0.287 e. The van der Waals surface area contributed by atoms with Crippen molar-refractivity contribution in [2.45, 2.75) is 13.5 Å². The molecule has 2 aromatic rings. The van der Waals surface area contributed by atoms with Crippen LogP contribution in [-0.4, -0.2) is 42.0 Å². The van der Waals surface area contributed by atoms with Crippen molar-refractivity contribution in [2.75, 3.05) is 36.5 Å². The van der Waals surface area contributed by atoms with Gasteiger partial charge < -0.3 is 15.0 Å². The van der Waals surface area contributed by atoms with Gasteiger partial charge in [0.15, 0.2) is 0 Å². The van der Waals surface area contributed by atoms with Crippen LogP contribution in [0.3, 0.4) is 0 Å². The minimum atomic E-state index is -0.603. The average molecular weight is 397 g/mol. The third kappa shape index (κ3) is 4.17. The highest BCUT2D eigenvalue weighted by molar-refractivity contribution is 6.41. The van der Waals surface area contributed by atoms with Crippen molar-refractivity contribution in [3.05, 3.63) is 50.4 Å². The van der Waals surface area contributed by atoms with Crippen LogP contribution in [0.25, 0.3) is 0 Å². The third-order valence-electron chi connectivity index (χ3n) is 4.10. The molecule has 2 heterocycles. The van der Waals surface area contributed by atoms with Crippen LogP contribution in [0.4, 0.5) is 11.4 Å². The van der Waals surface area contributed by atoms with Crippen molar-refractivity contribution in [2.24, 2.45) is 0 Å². The van der Waals surface area contributed by atoms with E-state index in [9.17, 15) is 9.59 Å². The van der Waals surface area contributed by atoms with Gasteiger partial charge in [-0.2, -0.15) is 5.10 Å². The van der Waals surface area contributed by atoms with E-state index in [1.807, 2.05) is 25.1 Å². The number of morpholine rings is 1.